The van der Waals surface area contributed by atoms with Gasteiger partial charge in [0.25, 0.3) is 0 Å². The lowest BCUT2D eigenvalue weighted by atomic mass is 9.53. The maximum absolute atomic E-state index is 13.8. The van der Waals surface area contributed by atoms with Gasteiger partial charge in [-0.15, -0.1) is 0 Å². The number of hydrogen-bond donors (Lipinski definition) is 2. The van der Waals surface area contributed by atoms with Gasteiger partial charge in [0.15, 0.2) is 0 Å². The van der Waals surface area contributed by atoms with Crippen LogP contribution >= 0.6 is 0 Å². The van der Waals surface area contributed by atoms with Crippen molar-refractivity contribution in [1.82, 2.24) is 9.97 Å². The Kier molecular flexibility index (Phi) is 6.54. The van der Waals surface area contributed by atoms with E-state index in [4.69, 9.17) is 0 Å². The van der Waals surface area contributed by atoms with Gasteiger partial charge < -0.3 is 10.6 Å². The largest absolute Gasteiger partial charge is 0.340 e. The zero-order valence-electron chi connectivity index (χ0n) is 21.5. The van der Waals surface area contributed by atoms with Crippen molar-refractivity contribution in [1.29, 1.82) is 0 Å². The molecule has 0 aliphatic heterocycles. The number of aryl methyl sites for hydroxylation is 1. The van der Waals surface area contributed by atoms with Crippen LogP contribution in [-0.4, -0.2) is 15.9 Å². The minimum atomic E-state index is -0.471. The number of nitrogens with one attached hydrogen (secondary N) is 2. The molecule has 2 N–H and O–H groups in total. The molecule has 6 heteroatoms. The number of fused-ring (bicyclic) bond motifs is 3. The molecule has 0 saturated heterocycles. The summed E-state index contributed by atoms with van der Waals surface area (Å²) in [4.78, 5) is 22.3. The molecule has 4 atom stereocenters. The molecule has 1 heterocycles. The van der Waals surface area contributed by atoms with E-state index in [1.165, 1.54) is 35.2 Å². The quantitative estimate of drug-likeness (QED) is 0.400. The Morgan fingerprint density at radius 2 is 1.81 bits per heavy atom. The predicted octanol–water partition coefficient (Wildman–Crippen LogP) is 7.20. The molecule has 5 rings (SSSR count). The SMILES string of the molecule is CC(C)c1ccc2c(c1)CC[C@@H]1[C@@H]2[C@@H](C)CC[C@@]1(C)C(=O)Nc1cc(Nc2ccc(F)cc2)ncn1. The summed E-state index contributed by atoms with van der Waals surface area (Å²) in [6, 6.07) is 14.8. The number of benzene rings is 2. The van der Waals surface area contributed by atoms with Crippen molar-refractivity contribution in [3.8, 4) is 0 Å². The topological polar surface area (TPSA) is 66.9 Å². The highest BCUT2D eigenvalue weighted by molar-refractivity contribution is 5.95. The number of aromatic nitrogens is 2. The van der Waals surface area contributed by atoms with E-state index in [-0.39, 0.29) is 17.6 Å². The minimum Gasteiger partial charge on any atom is -0.340 e. The molecular weight excluding hydrogens is 451 g/mol. The van der Waals surface area contributed by atoms with Crippen molar-refractivity contribution in [2.45, 2.75) is 65.2 Å². The van der Waals surface area contributed by atoms with Crippen molar-refractivity contribution in [2.24, 2.45) is 17.3 Å². The third kappa shape index (κ3) is 4.61. The average Bonchev–Trinajstić information content (AvgIpc) is 2.87. The Bertz CT molecular complexity index is 1260. The van der Waals surface area contributed by atoms with E-state index in [1.807, 2.05) is 0 Å². The summed E-state index contributed by atoms with van der Waals surface area (Å²) in [6.07, 6.45) is 5.36. The Morgan fingerprint density at radius 1 is 1.06 bits per heavy atom. The van der Waals surface area contributed by atoms with Gasteiger partial charge in [0.05, 0.1) is 5.41 Å². The number of amides is 1. The van der Waals surface area contributed by atoms with E-state index in [0.29, 0.717) is 35.1 Å². The zero-order valence-corrected chi connectivity index (χ0v) is 21.5. The van der Waals surface area contributed by atoms with Gasteiger partial charge in [0.2, 0.25) is 5.91 Å². The summed E-state index contributed by atoms with van der Waals surface area (Å²) < 4.78 is 13.2. The third-order valence-corrected chi connectivity index (χ3v) is 8.45. The molecule has 0 bridgehead atoms. The van der Waals surface area contributed by atoms with E-state index >= 15 is 0 Å². The van der Waals surface area contributed by atoms with Crippen molar-refractivity contribution in [3.05, 3.63) is 77.4 Å². The first-order valence-corrected chi connectivity index (χ1v) is 13.0. The molecule has 36 heavy (non-hydrogen) atoms. The van der Waals surface area contributed by atoms with Gasteiger partial charge in [0, 0.05) is 11.8 Å². The van der Waals surface area contributed by atoms with E-state index < -0.39 is 5.41 Å². The predicted molar refractivity (Wildman–Crippen MR) is 142 cm³/mol. The number of halogens is 1. The van der Waals surface area contributed by atoms with E-state index in [2.05, 4.69) is 66.5 Å². The number of carbonyl (C=O) groups excluding carboxylic acids is 1. The fraction of sp³-hybridized carbons (Fsp3) is 0.433. The molecule has 3 aromatic rings. The molecule has 1 aromatic heterocycles. The molecule has 2 aliphatic carbocycles. The molecule has 0 unspecified atom stereocenters. The second-order valence-electron chi connectivity index (χ2n) is 11.1. The lowest BCUT2D eigenvalue weighted by Crippen LogP contribution is -2.48. The Hall–Kier alpha value is -3.28. The van der Waals surface area contributed by atoms with Crippen LogP contribution in [0.25, 0.3) is 0 Å². The molecule has 0 radical (unpaired) electrons. The second kappa shape index (κ2) is 9.64. The fourth-order valence-electron chi connectivity index (χ4n) is 6.26. The number of rotatable bonds is 5. The highest BCUT2D eigenvalue weighted by atomic mass is 19.1. The lowest BCUT2D eigenvalue weighted by molar-refractivity contribution is -0.132. The summed E-state index contributed by atoms with van der Waals surface area (Å²) in [5.74, 6) is 2.48. The first-order chi connectivity index (χ1) is 17.2. The zero-order chi connectivity index (χ0) is 25.4. The maximum Gasteiger partial charge on any atom is 0.231 e. The van der Waals surface area contributed by atoms with E-state index in [1.54, 1.807) is 18.2 Å². The monoisotopic (exact) mass is 486 g/mol. The third-order valence-electron chi connectivity index (χ3n) is 8.45. The smallest absolute Gasteiger partial charge is 0.231 e. The maximum atomic E-state index is 13.8. The molecule has 2 aromatic carbocycles. The van der Waals surface area contributed by atoms with Crippen LogP contribution < -0.4 is 10.6 Å². The number of carbonyl (C=O) groups is 1. The fourth-order valence-corrected chi connectivity index (χ4v) is 6.26. The molecule has 5 nitrogen and oxygen atoms in total. The normalized spacial score (nSPS) is 25.1. The van der Waals surface area contributed by atoms with Crippen LogP contribution in [-0.2, 0) is 11.2 Å². The summed E-state index contributed by atoms with van der Waals surface area (Å²) in [5.41, 5.74) is 4.54. The lowest BCUT2D eigenvalue weighted by Gasteiger charge is -2.51. The highest BCUT2D eigenvalue weighted by Crippen LogP contribution is 2.56. The molecule has 1 fully saturated rings. The van der Waals surface area contributed by atoms with Gasteiger partial charge in [-0.3, -0.25) is 4.79 Å². The summed E-state index contributed by atoms with van der Waals surface area (Å²) >= 11 is 0. The number of anilines is 3. The van der Waals surface area contributed by atoms with Crippen molar-refractivity contribution < 1.29 is 9.18 Å². The van der Waals surface area contributed by atoms with Crippen LogP contribution in [0.2, 0.25) is 0 Å². The van der Waals surface area contributed by atoms with Crippen LogP contribution in [0.5, 0.6) is 0 Å². The second-order valence-corrected chi connectivity index (χ2v) is 11.1. The van der Waals surface area contributed by atoms with Crippen LogP contribution in [0.1, 0.15) is 75.5 Å². The van der Waals surface area contributed by atoms with Gasteiger partial charge in [-0.05, 0) is 90.3 Å². The molecular formula is C30H35FN4O. The molecule has 0 spiro atoms. The van der Waals surface area contributed by atoms with E-state index in [9.17, 15) is 9.18 Å². The Morgan fingerprint density at radius 3 is 2.56 bits per heavy atom. The van der Waals surface area contributed by atoms with Crippen LogP contribution in [0.4, 0.5) is 21.7 Å². The number of hydrogen-bond acceptors (Lipinski definition) is 4. The Balaban J connectivity index is 1.36. The standard InChI is InChI=1S/C30H35FN4O/c1-18(2)20-5-11-24-21(15-20)6-12-25-28(24)19(3)13-14-30(25,4)29(36)35-27-16-26(32-17-33-27)34-23-9-7-22(31)8-10-23/h5,7-11,15-19,25,28H,6,12-14H2,1-4H3,(H2,32,33,34,35,36)/t19-,25+,28+,30+/m0/s1. The first kappa shape index (κ1) is 24.4. The van der Waals surface area contributed by atoms with Crippen molar-refractivity contribution in [2.75, 3.05) is 10.6 Å². The van der Waals surface area contributed by atoms with Crippen molar-refractivity contribution in [3.63, 3.8) is 0 Å². The van der Waals surface area contributed by atoms with Gasteiger partial charge in [-0.1, -0.05) is 45.9 Å². The van der Waals surface area contributed by atoms with Gasteiger partial charge >= 0.3 is 0 Å². The average molecular weight is 487 g/mol. The first-order valence-electron chi connectivity index (χ1n) is 13.0. The van der Waals surface area contributed by atoms with Gasteiger partial charge in [-0.2, -0.15) is 0 Å². The van der Waals surface area contributed by atoms with E-state index in [0.717, 1.165) is 25.7 Å². The molecule has 1 amide bonds. The van der Waals surface area contributed by atoms with Gasteiger partial charge in [-0.25, -0.2) is 14.4 Å². The molecule has 1 saturated carbocycles. The van der Waals surface area contributed by atoms with Crippen LogP contribution in [0, 0.1) is 23.1 Å². The molecule has 188 valence electrons. The summed E-state index contributed by atoms with van der Waals surface area (Å²) in [6.45, 7) is 8.97. The number of nitrogens with zero attached hydrogens (tertiary/aromatic N) is 2. The highest BCUT2D eigenvalue weighted by Gasteiger charge is 2.51. The molecule has 2 aliphatic rings. The Labute approximate surface area is 213 Å². The van der Waals surface area contributed by atoms with Crippen molar-refractivity contribution >= 4 is 23.2 Å². The summed E-state index contributed by atoms with van der Waals surface area (Å²) in [7, 11) is 0. The van der Waals surface area contributed by atoms with Crippen LogP contribution in [0.15, 0.2) is 54.9 Å². The summed E-state index contributed by atoms with van der Waals surface area (Å²) in [5, 5.41) is 6.23. The van der Waals surface area contributed by atoms with Gasteiger partial charge in [0.1, 0.15) is 23.8 Å². The minimum absolute atomic E-state index is 0.0260. The van der Waals surface area contributed by atoms with Crippen LogP contribution in [0.3, 0.4) is 0 Å².